The lowest BCUT2D eigenvalue weighted by molar-refractivity contribution is 0.0947. The van der Waals surface area contributed by atoms with E-state index >= 15 is 0 Å². The van der Waals surface area contributed by atoms with E-state index in [-0.39, 0.29) is 17.5 Å². The summed E-state index contributed by atoms with van der Waals surface area (Å²) in [6, 6.07) is 18.1. The summed E-state index contributed by atoms with van der Waals surface area (Å²) >= 11 is 0. The number of benzene rings is 2. The molecule has 1 fully saturated rings. The van der Waals surface area contributed by atoms with Gasteiger partial charge in [-0.15, -0.1) is 0 Å². The van der Waals surface area contributed by atoms with Crippen molar-refractivity contribution in [1.29, 1.82) is 0 Å². The number of carbonyl (C=O) groups excluding carboxylic acids is 1. The molecule has 0 aliphatic heterocycles. The summed E-state index contributed by atoms with van der Waals surface area (Å²) in [5.41, 5.74) is 9.79. The van der Waals surface area contributed by atoms with Crippen molar-refractivity contribution in [1.82, 2.24) is 15.3 Å². The minimum Gasteiger partial charge on any atom is -0.396 e. The maximum Gasteiger partial charge on any atom is 0.254 e. The van der Waals surface area contributed by atoms with Crippen LogP contribution in [0, 0.1) is 5.82 Å². The zero-order valence-corrected chi connectivity index (χ0v) is 17.3. The number of nitrogens with zero attached hydrogens (tertiary/aromatic N) is 2. The molecule has 5 rings (SSSR count). The Kier molecular flexibility index (Phi) is 5.15. The van der Waals surface area contributed by atoms with Gasteiger partial charge in [0.1, 0.15) is 11.6 Å². The minimum absolute atomic E-state index is 0.0419. The van der Waals surface area contributed by atoms with Crippen LogP contribution in [0.2, 0.25) is 0 Å². The Balaban J connectivity index is 1.34. The van der Waals surface area contributed by atoms with Gasteiger partial charge in [0, 0.05) is 29.7 Å². The molecule has 0 radical (unpaired) electrons. The number of nitrogens with two attached hydrogens (primary N) is 1. The molecule has 6 nitrogen and oxygen atoms in total. The Hall–Kier alpha value is -4.00. The van der Waals surface area contributed by atoms with Crippen molar-refractivity contribution in [2.75, 3.05) is 11.1 Å². The van der Waals surface area contributed by atoms with E-state index < -0.39 is 5.82 Å². The van der Waals surface area contributed by atoms with Gasteiger partial charge in [-0.3, -0.25) is 9.78 Å². The number of fused-ring (bicyclic) bond motifs is 1. The van der Waals surface area contributed by atoms with Gasteiger partial charge in [0.2, 0.25) is 0 Å². The monoisotopic (exact) mass is 427 g/mol. The summed E-state index contributed by atoms with van der Waals surface area (Å²) in [6.45, 7) is 0.528. The molecule has 4 N–H and O–H groups in total. The number of halogens is 1. The number of nitrogen functional groups attached to an aromatic ring is 1. The van der Waals surface area contributed by atoms with Crippen molar-refractivity contribution in [2.24, 2.45) is 0 Å². The summed E-state index contributed by atoms with van der Waals surface area (Å²) in [5.74, 6) is -0.432. The zero-order chi connectivity index (χ0) is 22.1. The van der Waals surface area contributed by atoms with Crippen LogP contribution >= 0.6 is 0 Å². The second-order valence-electron chi connectivity index (χ2n) is 7.96. The molecule has 0 unspecified atom stereocenters. The van der Waals surface area contributed by atoms with Gasteiger partial charge in [-0.05, 0) is 60.9 Å². The Morgan fingerprint density at radius 2 is 1.97 bits per heavy atom. The third-order valence-electron chi connectivity index (χ3n) is 5.48. The lowest BCUT2D eigenvalue weighted by atomic mass is 10.1. The molecule has 160 valence electrons. The molecule has 7 heteroatoms. The molecule has 1 saturated carbocycles. The van der Waals surface area contributed by atoms with Gasteiger partial charge in [-0.1, -0.05) is 18.2 Å². The van der Waals surface area contributed by atoms with Crippen molar-refractivity contribution in [3.05, 3.63) is 83.8 Å². The fourth-order valence-corrected chi connectivity index (χ4v) is 3.54. The van der Waals surface area contributed by atoms with E-state index in [0.717, 1.165) is 29.3 Å². The molecular weight excluding hydrogens is 405 g/mol. The Morgan fingerprint density at radius 3 is 2.78 bits per heavy atom. The highest BCUT2D eigenvalue weighted by Gasteiger charge is 2.25. The molecule has 2 aromatic heterocycles. The zero-order valence-electron chi connectivity index (χ0n) is 17.3. The number of pyridine rings is 2. The van der Waals surface area contributed by atoms with Crippen molar-refractivity contribution in [2.45, 2.75) is 25.4 Å². The van der Waals surface area contributed by atoms with E-state index in [4.69, 9.17) is 5.73 Å². The SMILES string of the molecule is Nc1ccc(-c2ccc(C(=O)NC3CC3)c(F)c2)nc1NCc1ccc2ncccc2c1. The molecule has 1 aliphatic carbocycles. The van der Waals surface area contributed by atoms with Gasteiger partial charge in [0.15, 0.2) is 0 Å². The van der Waals surface area contributed by atoms with E-state index in [2.05, 4.69) is 26.7 Å². The van der Waals surface area contributed by atoms with E-state index in [1.807, 2.05) is 24.3 Å². The Bertz CT molecular complexity index is 1320. The second-order valence-corrected chi connectivity index (χ2v) is 7.96. The lowest BCUT2D eigenvalue weighted by Gasteiger charge is -2.12. The van der Waals surface area contributed by atoms with Gasteiger partial charge in [-0.25, -0.2) is 9.37 Å². The minimum atomic E-state index is -0.571. The topological polar surface area (TPSA) is 92.9 Å². The maximum atomic E-state index is 14.6. The van der Waals surface area contributed by atoms with Gasteiger partial charge in [-0.2, -0.15) is 0 Å². The molecule has 1 amide bonds. The van der Waals surface area contributed by atoms with Crippen molar-refractivity contribution >= 4 is 28.3 Å². The molecule has 1 aliphatic rings. The van der Waals surface area contributed by atoms with Crippen LogP contribution in [-0.4, -0.2) is 21.9 Å². The van der Waals surface area contributed by atoms with Crippen LogP contribution in [0.5, 0.6) is 0 Å². The first-order chi connectivity index (χ1) is 15.6. The largest absolute Gasteiger partial charge is 0.396 e. The lowest BCUT2D eigenvalue weighted by Crippen LogP contribution is -2.26. The van der Waals surface area contributed by atoms with Crippen LogP contribution in [0.4, 0.5) is 15.9 Å². The average Bonchev–Trinajstić information content (AvgIpc) is 3.62. The van der Waals surface area contributed by atoms with E-state index in [9.17, 15) is 9.18 Å². The van der Waals surface area contributed by atoms with E-state index in [1.54, 1.807) is 24.4 Å². The summed E-state index contributed by atoms with van der Waals surface area (Å²) in [7, 11) is 0. The molecule has 0 atom stereocenters. The van der Waals surface area contributed by atoms with Crippen molar-refractivity contribution < 1.29 is 9.18 Å². The number of rotatable bonds is 6. The van der Waals surface area contributed by atoms with Crippen LogP contribution in [0.25, 0.3) is 22.2 Å². The molecule has 2 aromatic carbocycles. The van der Waals surface area contributed by atoms with Crippen molar-refractivity contribution in [3.8, 4) is 11.3 Å². The maximum absolute atomic E-state index is 14.6. The summed E-state index contributed by atoms with van der Waals surface area (Å²) < 4.78 is 14.6. The third-order valence-corrected chi connectivity index (χ3v) is 5.48. The first-order valence-corrected chi connectivity index (χ1v) is 10.5. The molecule has 2 heterocycles. The normalized spacial score (nSPS) is 13.2. The van der Waals surface area contributed by atoms with Crippen LogP contribution in [-0.2, 0) is 6.54 Å². The predicted molar refractivity (Wildman–Crippen MR) is 124 cm³/mol. The van der Waals surface area contributed by atoms with Gasteiger partial charge in [0.05, 0.1) is 22.5 Å². The van der Waals surface area contributed by atoms with Crippen LogP contribution in [0.1, 0.15) is 28.8 Å². The Labute approximate surface area is 184 Å². The van der Waals surface area contributed by atoms with Crippen LogP contribution < -0.4 is 16.4 Å². The van der Waals surface area contributed by atoms with E-state index in [0.29, 0.717) is 29.3 Å². The van der Waals surface area contributed by atoms with E-state index in [1.165, 1.54) is 12.1 Å². The molecule has 0 saturated heterocycles. The number of amides is 1. The fraction of sp³-hybridized carbons (Fsp3) is 0.160. The highest BCUT2D eigenvalue weighted by molar-refractivity contribution is 5.95. The van der Waals surface area contributed by atoms with Gasteiger partial charge >= 0.3 is 0 Å². The molecule has 4 aromatic rings. The predicted octanol–water partition coefficient (Wildman–Crippen LogP) is 4.52. The number of carbonyl (C=O) groups is 1. The molecule has 0 spiro atoms. The summed E-state index contributed by atoms with van der Waals surface area (Å²) in [4.78, 5) is 21.1. The quantitative estimate of drug-likeness (QED) is 0.421. The number of hydrogen-bond acceptors (Lipinski definition) is 5. The smallest absolute Gasteiger partial charge is 0.254 e. The first-order valence-electron chi connectivity index (χ1n) is 10.5. The Morgan fingerprint density at radius 1 is 1.09 bits per heavy atom. The number of anilines is 2. The standard InChI is InChI=1S/C25H22FN5O/c26-20-13-17(4-7-19(20)25(32)30-18-5-6-18)23-10-8-21(27)24(31-23)29-14-15-3-9-22-16(12-15)2-1-11-28-22/h1-4,7-13,18H,5-6,14,27H2,(H,29,31)(H,30,32). The molecular formula is C25H22FN5O. The third kappa shape index (κ3) is 4.23. The van der Waals surface area contributed by atoms with Crippen LogP contribution in [0.15, 0.2) is 66.9 Å². The summed E-state index contributed by atoms with van der Waals surface area (Å²) in [5, 5.41) is 7.13. The highest BCUT2D eigenvalue weighted by Crippen LogP contribution is 2.26. The fourth-order valence-electron chi connectivity index (χ4n) is 3.54. The number of hydrogen-bond donors (Lipinski definition) is 3. The number of nitrogens with one attached hydrogen (secondary N) is 2. The molecule has 0 bridgehead atoms. The van der Waals surface area contributed by atoms with Gasteiger partial charge in [0.25, 0.3) is 5.91 Å². The van der Waals surface area contributed by atoms with Gasteiger partial charge < -0.3 is 16.4 Å². The van der Waals surface area contributed by atoms with Crippen LogP contribution in [0.3, 0.4) is 0 Å². The highest BCUT2D eigenvalue weighted by atomic mass is 19.1. The second kappa shape index (κ2) is 8.26. The average molecular weight is 427 g/mol. The molecule has 32 heavy (non-hydrogen) atoms. The number of aromatic nitrogens is 2. The first kappa shape index (κ1) is 19.9. The van der Waals surface area contributed by atoms with Crippen molar-refractivity contribution in [3.63, 3.8) is 0 Å². The summed E-state index contributed by atoms with van der Waals surface area (Å²) in [6.07, 6.45) is 3.67.